The minimum atomic E-state index is -3.61. The van der Waals surface area contributed by atoms with Crippen LogP contribution in [0.25, 0.3) is 0 Å². The summed E-state index contributed by atoms with van der Waals surface area (Å²) in [5.74, 6) is -2.07. The number of nitrogens with zero attached hydrogens (tertiary/aromatic N) is 2. The predicted molar refractivity (Wildman–Crippen MR) is 170 cm³/mol. The van der Waals surface area contributed by atoms with E-state index in [0.29, 0.717) is 45.7 Å². The molecule has 4 atom stereocenters. The Kier molecular flexibility index (Phi) is 10.00. The van der Waals surface area contributed by atoms with Gasteiger partial charge in [0.2, 0.25) is 10.0 Å². The van der Waals surface area contributed by atoms with Gasteiger partial charge in [-0.05, 0) is 53.8 Å². The van der Waals surface area contributed by atoms with E-state index in [0.717, 1.165) is 19.1 Å². The standard InChI is InChI=1S/C31H32Cl2N6O5S/c1-45(42,43)38-25-11-4-5-12-26(25)39-28(23-14-13-20(32)16-24(23)33)27(21-9-2-3-10-22(21)31(39)41)30(40)37-44-17-18-7-6-8-19(15-18)29(34)36-35/h2-3,6-10,13-16,25-28,34-35,38H,4-5,11-12,17H2,1H3,(H,37,40)/t25-,26-,27+,28-/m0/s1. The summed E-state index contributed by atoms with van der Waals surface area (Å²) in [5, 5.41) is 11.6. The lowest BCUT2D eigenvalue weighted by Crippen LogP contribution is -2.59. The fraction of sp³-hybridized carbons (Fsp3) is 0.323. The molecule has 2 amide bonds. The Morgan fingerprint density at radius 2 is 1.80 bits per heavy atom. The molecular weight excluding hydrogens is 639 g/mol. The number of halogens is 2. The maximum atomic E-state index is 14.3. The lowest BCUT2D eigenvalue weighted by Gasteiger charge is -2.49. The first kappa shape index (κ1) is 32.7. The third-order valence-electron chi connectivity index (χ3n) is 8.12. The summed E-state index contributed by atoms with van der Waals surface area (Å²) < 4.78 is 27.5. The van der Waals surface area contributed by atoms with Crippen LogP contribution in [0.3, 0.4) is 0 Å². The van der Waals surface area contributed by atoms with E-state index in [1.165, 1.54) is 0 Å². The van der Waals surface area contributed by atoms with Crippen molar-refractivity contribution in [1.82, 2.24) is 15.1 Å². The van der Waals surface area contributed by atoms with Crippen LogP contribution in [0.5, 0.6) is 0 Å². The van der Waals surface area contributed by atoms with Crippen LogP contribution < -0.4 is 10.2 Å². The first-order valence-corrected chi connectivity index (χ1v) is 16.9. The Labute approximate surface area is 271 Å². The Morgan fingerprint density at radius 1 is 1.04 bits per heavy atom. The zero-order valence-corrected chi connectivity index (χ0v) is 26.6. The lowest BCUT2D eigenvalue weighted by atomic mass is 9.76. The van der Waals surface area contributed by atoms with Crippen LogP contribution in [0.4, 0.5) is 0 Å². The van der Waals surface area contributed by atoms with Crippen LogP contribution in [-0.2, 0) is 26.3 Å². The van der Waals surface area contributed by atoms with Gasteiger partial charge in [0.25, 0.3) is 11.8 Å². The van der Waals surface area contributed by atoms with E-state index >= 15 is 0 Å². The molecule has 1 aliphatic carbocycles. The number of sulfonamides is 1. The molecule has 0 unspecified atom stereocenters. The number of benzene rings is 3. The molecule has 0 bridgehead atoms. The third kappa shape index (κ3) is 7.26. The molecular formula is C31H32Cl2N6O5S. The largest absolute Gasteiger partial charge is 0.326 e. The number of amidine groups is 1. The summed E-state index contributed by atoms with van der Waals surface area (Å²) in [6.45, 7) is -0.0444. The van der Waals surface area contributed by atoms with Crippen molar-refractivity contribution < 1.29 is 22.8 Å². The van der Waals surface area contributed by atoms with Crippen molar-refractivity contribution in [2.24, 2.45) is 5.11 Å². The monoisotopic (exact) mass is 670 g/mol. The SMILES string of the molecule is CS(=O)(=O)N[C@H]1CCCC[C@@H]1N1C(=O)c2ccccc2[C@@H](C(=O)NOCc2cccc(C(=N)N=N)c2)[C@@H]1c1ccc(Cl)cc1Cl. The van der Waals surface area contributed by atoms with Crippen LogP contribution in [0.15, 0.2) is 71.8 Å². The van der Waals surface area contributed by atoms with Gasteiger partial charge in [0, 0.05) is 33.3 Å². The number of hydrogen-bond donors (Lipinski definition) is 4. The van der Waals surface area contributed by atoms with E-state index in [1.807, 2.05) is 0 Å². The maximum Gasteiger partial charge on any atom is 0.255 e. The van der Waals surface area contributed by atoms with Crippen LogP contribution in [0.2, 0.25) is 10.0 Å². The summed E-state index contributed by atoms with van der Waals surface area (Å²) in [4.78, 5) is 35.8. The van der Waals surface area contributed by atoms with Gasteiger partial charge < -0.3 is 4.90 Å². The average molecular weight is 672 g/mol. The topological polar surface area (TPSA) is 165 Å². The second kappa shape index (κ2) is 13.8. The van der Waals surface area contributed by atoms with Gasteiger partial charge in [0.15, 0.2) is 5.84 Å². The number of carbonyl (C=O) groups excluding carboxylic acids is 2. The molecule has 236 valence electrons. The minimum Gasteiger partial charge on any atom is -0.326 e. The first-order chi connectivity index (χ1) is 21.5. The van der Waals surface area contributed by atoms with E-state index in [2.05, 4.69) is 15.3 Å². The molecule has 45 heavy (non-hydrogen) atoms. The van der Waals surface area contributed by atoms with Gasteiger partial charge in [-0.25, -0.2) is 24.2 Å². The lowest BCUT2D eigenvalue weighted by molar-refractivity contribution is -0.138. The Bertz CT molecular complexity index is 1750. The molecule has 2 aliphatic rings. The van der Waals surface area contributed by atoms with E-state index in [4.69, 9.17) is 39.0 Å². The van der Waals surface area contributed by atoms with Crippen LogP contribution in [0, 0.1) is 10.9 Å². The highest BCUT2D eigenvalue weighted by molar-refractivity contribution is 7.88. The van der Waals surface area contributed by atoms with Gasteiger partial charge in [0.05, 0.1) is 24.8 Å². The van der Waals surface area contributed by atoms with E-state index in [1.54, 1.807) is 71.6 Å². The molecule has 11 nitrogen and oxygen atoms in total. The minimum absolute atomic E-state index is 0.0444. The molecule has 5 rings (SSSR count). The summed E-state index contributed by atoms with van der Waals surface area (Å²) in [5.41, 5.74) is 12.0. The Balaban J connectivity index is 1.55. The van der Waals surface area contributed by atoms with Gasteiger partial charge in [-0.2, -0.15) is 0 Å². The number of hydroxylamine groups is 1. The zero-order valence-electron chi connectivity index (χ0n) is 24.3. The molecule has 0 spiro atoms. The van der Waals surface area contributed by atoms with Gasteiger partial charge >= 0.3 is 0 Å². The van der Waals surface area contributed by atoms with Crippen LogP contribution in [-0.4, -0.2) is 49.3 Å². The molecule has 1 saturated carbocycles. The summed E-state index contributed by atoms with van der Waals surface area (Å²) in [7, 11) is -3.61. The number of amides is 2. The number of fused-ring (bicyclic) bond motifs is 1. The molecule has 1 aliphatic heterocycles. The second-order valence-electron chi connectivity index (χ2n) is 11.2. The second-order valence-corrected chi connectivity index (χ2v) is 13.8. The van der Waals surface area contributed by atoms with E-state index in [9.17, 15) is 18.0 Å². The molecule has 3 aromatic carbocycles. The van der Waals surface area contributed by atoms with Gasteiger partial charge in [-0.1, -0.05) is 78.5 Å². The molecule has 0 saturated heterocycles. The number of hydrogen-bond acceptors (Lipinski definition) is 7. The molecule has 14 heteroatoms. The van der Waals surface area contributed by atoms with Crippen molar-refractivity contribution in [3.8, 4) is 0 Å². The van der Waals surface area contributed by atoms with Crippen molar-refractivity contribution in [1.29, 1.82) is 10.9 Å². The Morgan fingerprint density at radius 3 is 2.53 bits per heavy atom. The van der Waals surface area contributed by atoms with Gasteiger partial charge in [-0.3, -0.25) is 19.8 Å². The summed E-state index contributed by atoms with van der Waals surface area (Å²) >= 11 is 13.0. The van der Waals surface area contributed by atoms with E-state index in [-0.39, 0.29) is 23.4 Å². The Hall–Kier alpha value is -3.68. The van der Waals surface area contributed by atoms with Crippen LogP contribution in [0.1, 0.15) is 70.3 Å². The van der Waals surface area contributed by atoms with Crippen molar-refractivity contribution in [2.75, 3.05) is 6.26 Å². The quantitative estimate of drug-likeness (QED) is 0.0985. The highest BCUT2D eigenvalue weighted by atomic mass is 35.5. The van der Waals surface area contributed by atoms with E-state index < -0.39 is 40.0 Å². The molecule has 4 N–H and O–H groups in total. The van der Waals surface area contributed by atoms with Crippen molar-refractivity contribution in [3.05, 3.63) is 105 Å². The van der Waals surface area contributed by atoms with Crippen molar-refractivity contribution >= 4 is 50.9 Å². The van der Waals surface area contributed by atoms with Crippen molar-refractivity contribution in [3.63, 3.8) is 0 Å². The van der Waals surface area contributed by atoms with Gasteiger partial charge in [0.1, 0.15) is 0 Å². The number of rotatable bonds is 9. The highest BCUT2D eigenvalue weighted by Crippen LogP contribution is 2.47. The predicted octanol–water partition coefficient (Wildman–Crippen LogP) is 5.74. The molecule has 3 aromatic rings. The van der Waals surface area contributed by atoms with Crippen molar-refractivity contribution in [2.45, 2.75) is 56.3 Å². The highest BCUT2D eigenvalue weighted by Gasteiger charge is 2.49. The summed E-state index contributed by atoms with van der Waals surface area (Å²) in [6.07, 6.45) is 3.68. The first-order valence-electron chi connectivity index (χ1n) is 14.3. The molecule has 0 radical (unpaired) electrons. The molecule has 1 fully saturated rings. The molecule has 1 heterocycles. The summed E-state index contributed by atoms with van der Waals surface area (Å²) in [6, 6.07) is 16.4. The zero-order chi connectivity index (χ0) is 32.3. The van der Waals surface area contributed by atoms with Gasteiger partial charge in [-0.15, -0.1) is 5.11 Å². The maximum absolute atomic E-state index is 14.3. The molecule has 0 aromatic heterocycles. The van der Waals surface area contributed by atoms with Crippen LogP contribution >= 0.6 is 23.2 Å². The number of nitrogens with one attached hydrogen (secondary N) is 4. The third-order valence-corrected chi connectivity index (χ3v) is 9.41. The average Bonchev–Trinajstić information content (AvgIpc) is 3.00. The fourth-order valence-corrected chi connectivity index (χ4v) is 7.60. The normalized spacial score (nSPS) is 21.6. The fourth-order valence-electron chi connectivity index (χ4n) is 6.26. The number of carbonyl (C=O) groups is 2. The smallest absolute Gasteiger partial charge is 0.255 e.